The number of nitrogens with one attached hydrogen (secondary N) is 2. The van der Waals surface area contributed by atoms with E-state index < -0.39 is 0 Å². The molecule has 6 nitrogen and oxygen atoms in total. The summed E-state index contributed by atoms with van der Waals surface area (Å²) in [7, 11) is 0. The van der Waals surface area contributed by atoms with Crippen molar-refractivity contribution in [3.8, 4) is 11.1 Å². The number of aromatic nitrogens is 4. The molecule has 1 aromatic carbocycles. The Kier molecular flexibility index (Phi) is 7.97. The van der Waals surface area contributed by atoms with Crippen LogP contribution >= 0.6 is 31.9 Å². The molecule has 4 aliphatic carbocycles. The molecule has 6 aliphatic rings. The number of hydrogen-bond acceptors (Lipinski definition) is 4. The quantitative estimate of drug-likeness (QED) is 0.158. The highest BCUT2D eigenvalue weighted by molar-refractivity contribution is 9.25. The molecule has 0 spiro atoms. The van der Waals surface area contributed by atoms with E-state index in [1.165, 1.54) is 56.7 Å². The van der Waals surface area contributed by atoms with Gasteiger partial charge in [-0.3, -0.25) is 9.59 Å². The van der Waals surface area contributed by atoms with E-state index in [1.807, 2.05) is 0 Å². The molecule has 8 heteroatoms. The molecular formula is C49H46Br2N4O2. The molecule has 0 radical (unpaired) electrons. The highest BCUT2D eigenvalue weighted by atomic mass is 79.9. The Morgan fingerprint density at radius 1 is 0.632 bits per heavy atom. The minimum Gasteiger partial charge on any atom is -0.355 e. The number of benzene rings is 1. The minimum atomic E-state index is -0.383. The van der Waals surface area contributed by atoms with Crippen LogP contribution in [0, 0.1) is 31.6 Å². The molecule has 288 valence electrons. The van der Waals surface area contributed by atoms with E-state index in [0.29, 0.717) is 24.0 Å². The third-order valence-electron chi connectivity index (χ3n) is 14.8. The summed E-state index contributed by atoms with van der Waals surface area (Å²) in [4.78, 5) is 44.8. The summed E-state index contributed by atoms with van der Waals surface area (Å²) in [6.45, 7) is 17.7. The molecule has 4 aromatic rings. The molecule has 5 heterocycles. The number of hydrogen-bond donors (Lipinski definition) is 2. The lowest BCUT2D eigenvalue weighted by Gasteiger charge is -2.37. The molecule has 1 saturated carbocycles. The van der Waals surface area contributed by atoms with Gasteiger partial charge in [-0.25, -0.2) is 9.97 Å². The monoisotopic (exact) mass is 880 g/mol. The number of H-pyrrole nitrogens is 2. The van der Waals surface area contributed by atoms with Crippen molar-refractivity contribution in [1.82, 2.24) is 19.9 Å². The SMILES string of the molecule is CCC1=C(C)c2cc3nc(c(-c4ccc5c(c4)C[C@@]46CC7=C(C[C@]4(C5)C6(Br)Br)C(=O)C=CC7=O)c4[nH]c(cc5[nH]c(cc1n2)c(CC)c5C)c(C)c4C)C(C)=C3C. The lowest BCUT2D eigenvalue weighted by Crippen LogP contribution is -2.33. The highest BCUT2D eigenvalue weighted by Gasteiger charge is 2.86. The van der Waals surface area contributed by atoms with Crippen molar-refractivity contribution in [2.45, 2.75) is 97.1 Å². The zero-order chi connectivity index (χ0) is 40.1. The summed E-state index contributed by atoms with van der Waals surface area (Å²) in [6, 6.07) is 13.7. The van der Waals surface area contributed by atoms with Gasteiger partial charge in [0.2, 0.25) is 0 Å². The Bertz CT molecular complexity index is 2910. The van der Waals surface area contributed by atoms with Crippen LogP contribution < -0.4 is 0 Å². The Morgan fingerprint density at radius 3 is 1.95 bits per heavy atom. The first-order valence-corrected chi connectivity index (χ1v) is 21.8. The van der Waals surface area contributed by atoms with Gasteiger partial charge >= 0.3 is 0 Å². The highest BCUT2D eigenvalue weighted by Crippen LogP contribution is 2.88. The van der Waals surface area contributed by atoms with E-state index in [2.05, 4.69) is 134 Å². The summed E-state index contributed by atoms with van der Waals surface area (Å²) < 4.78 is -0.383. The summed E-state index contributed by atoms with van der Waals surface area (Å²) in [5.74, 6) is -0.0384. The zero-order valence-electron chi connectivity index (χ0n) is 33.8. The van der Waals surface area contributed by atoms with E-state index in [9.17, 15) is 9.59 Å². The summed E-state index contributed by atoms with van der Waals surface area (Å²) in [6.07, 6.45) is 7.53. The Labute approximate surface area is 350 Å². The first kappa shape index (κ1) is 36.9. The van der Waals surface area contributed by atoms with Crippen LogP contribution in [-0.2, 0) is 28.9 Å². The van der Waals surface area contributed by atoms with Crippen molar-refractivity contribution in [3.63, 3.8) is 0 Å². The molecule has 0 saturated heterocycles. The Balaban J connectivity index is 1.23. The fourth-order valence-electron chi connectivity index (χ4n) is 11.1. The van der Waals surface area contributed by atoms with Gasteiger partial charge in [-0.05, 0) is 172 Å². The summed E-state index contributed by atoms with van der Waals surface area (Å²) in [5, 5.41) is 0. The van der Waals surface area contributed by atoms with Gasteiger partial charge in [-0.1, -0.05) is 63.9 Å². The van der Waals surface area contributed by atoms with Crippen LogP contribution in [-0.4, -0.2) is 34.7 Å². The van der Waals surface area contributed by atoms with E-state index in [0.717, 1.165) is 92.8 Å². The van der Waals surface area contributed by atoms with Gasteiger partial charge in [0.1, 0.15) is 0 Å². The van der Waals surface area contributed by atoms with Gasteiger partial charge in [-0.2, -0.15) is 0 Å². The van der Waals surface area contributed by atoms with Gasteiger partial charge < -0.3 is 9.97 Å². The topological polar surface area (TPSA) is 91.5 Å². The zero-order valence-corrected chi connectivity index (χ0v) is 37.0. The van der Waals surface area contributed by atoms with Gasteiger partial charge in [0.15, 0.2) is 11.6 Å². The van der Waals surface area contributed by atoms with Gasteiger partial charge in [0, 0.05) is 44.1 Å². The van der Waals surface area contributed by atoms with Crippen molar-refractivity contribution in [2.24, 2.45) is 10.8 Å². The number of ketones is 2. The molecule has 0 amide bonds. The largest absolute Gasteiger partial charge is 0.355 e. The maximum atomic E-state index is 13.2. The number of carbonyl (C=O) groups excluding carboxylic acids is 2. The van der Waals surface area contributed by atoms with E-state index in [4.69, 9.17) is 9.97 Å². The second-order valence-corrected chi connectivity index (χ2v) is 20.7. The lowest BCUT2D eigenvalue weighted by atomic mass is 9.65. The molecular weight excluding hydrogens is 836 g/mol. The molecule has 2 aliphatic heterocycles. The van der Waals surface area contributed by atoms with Crippen LogP contribution in [0.4, 0.5) is 0 Å². The number of nitrogens with zero attached hydrogens (tertiary/aromatic N) is 2. The number of aromatic amines is 2. The van der Waals surface area contributed by atoms with Crippen molar-refractivity contribution in [2.75, 3.05) is 0 Å². The lowest BCUT2D eigenvalue weighted by molar-refractivity contribution is -0.116. The van der Waals surface area contributed by atoms with Crippen LogP contribution in [0.5, 0.6) is 0 Å². The van der Waals surface area contributed by atoms with Crippen LogP contribution in [0.25, 0.3) is 55.5 Å². The Hall–Kier alpha value is -4.40. The van der Waals surface area contributed by atoms with Crippen molar-refractivity contribution in [3.05, 3.63) is 116 Å². The van der Waals surface area contributed by atoms with Crippen molar-refractivity contribution in [1.29, 1.82) is 0 Å². The van der Waals surface area contributed by atoms with Crippen LogP contribution in [0.15, 0.2) is 59.7 Å². The Morgan fingerprint density at radius 2 is 1.28 bits per heavy atom. The molecule has 10 rings (SSSR count). The number of alkyl halides is 2. The van der Waals surface area contributed by atoms with Crippen LogP contribution in [0.2, 0.25) is 0 Å². The standard InChI is InChI=1S/C49H46Br2N4O2/c1-9-32-27(7)38-16-36-23(3)25(5)45(54-36)44(46-26(6)24(4)37(55-46)17-39-28(8)33(10-2)41(53-39)18-40(32)52-38)29-11-12-30-19-47-21-34-35(43(57)14-13-42(34)56)22-48(47,49(47,50)51)20-31(30)15-29/h11-18,52,54H,9-10,19-22H2,1-8H3/t47-,48+/m0/s1. The van der Waals surface area contributed by atoms with Crippen LogP contribution in [0.1, 0.15) is 110 Å². The molecule has 2 atom stereocenters. The van der Waals surface area contributed by atoms with Gasteiger partial charge in [-0.15, -0.1) is 0 Å². The van der Waals surface area contributed by atoms with E-state index in [1.54, 1.807) is 0 Å². The average Bonchev–Trinajstić information content (AvgIpc) is 3.64. The summed E-state index contributed by atoms with van der Waals surface area (Å²) >= 11 is 8.29. The number of carbonyl (C=O) groups is 2. The fraction of sp³-hybridized carbons (Fsp3) is 0.347. The number of allylic oxidation sites excluding steroid dienone is 8. The molecule has 0 unspecified atom stereocenters. The second kappa shape index (κ2) is 12.3. The number of fused-ring (bicyclic) bond motifs is 9. The first-order valence-electron chi connectivity index (χ1n) is 20.3. The van der Waals surface area contributed by atoms with Gasteiger partial charge in [0.25, 0.3) is 0 Å². The summed E-state index contributed by atoms with van der Waals surface area (Å²) in [5.41, 5.74) is 23.8. The minimum absolute atomic E-state index is 0.0166. The van der Waals surface area contributed by atoms with E-state index in [-0.39, 0.29) is 25.6 Å². The third kappa shape index (κ3) is 4.80. The van der Waals surface area contributed by atoms with Crippen LogP contribution in [0.3, 0.4) is 0 Å². The fourth-order valence-corrected chi connectivity index (χ4v) is 13.5. The second-order valence-electron chi connectivity index (χ2n) is 17.3. The maximum absolute atomic E-state index is 13.2. The van der Waals surface area contributed by atoms with E-state index >= 15 is 0 Å². The number of rotatable bonds is 3. The predicted molar refractivity (Wildman–Crippen MR) is 239 cm³/mol. The van der Waals surface area contributed by atoms with Crippen molar-refractivity contribution >= 4 is 87.8 Å². The maximum Gasteiger partial charge on any atom is 0.182 e. The number of halogens is 2. The molecule has 57 heavy (non-hydrogen) atoms. The molecule has 2 N–H and O–H groups in total. The third-order valence-corrected chi connectivity index (χ3v) is 17.9. The molecule has 8 bridgehead atoms. The average molecular weight is 883 g/mol. The molecule has 3 aromatic heterocycles. The number of aryl methyl sites for hydroxylation is 4. The van der Waals surface area contributed by atoms with Crippen molar-refractivity contribution < 1.29 is 9.59 Å². The normalized spacial score (nSPS) is 23.2. The smallest absolute Gasteiger partial charge is 0.182 e. The first-order chi connectivity index (χ1) is 27.1. The predicted octanol–water partition coefficient (Wildman–Crippen LogP) is 12.1. The van der Waals surface area contributed by atoms with Gasteiger partial charge in [0.05, 0.1) is 31.5 Å². The molecule has 1 fully saturated rings.